The lowest BCUT2D eigenvalue weighted by Crippen LogP contribution is -2.28. The molecule has 0 fully saturated rings. The number of hydrogen-bond donors (Lipinski definition) is 1. The molecule has 0 aromatic heterocycles. The zero-order chi connectivity index (χ0) is 26.2. The van der Waals surface area contributed by atoms with Crippen LogP contribution in [0.15, 0.2) is 156 Å². The summed E-state index contributed by atoms with van der Waals surface area (Å²) in [5.74, 6) is 0. The number of fused-ring (bicyclic) bond motifs is 3. The Kier molecular flexibility index (Phi) is 5.91. The first-order chi connectivity index (χ1) is 19.2. The van der Waals surface area contributed by atoms with Gasteiger partial charge in [-0.05, 0) is 87.0 Å². The van der Waals surface area contributed by atoms with Gasteiger partial charge in [0.05, 0.1) is 5.41 Å². The molecule has 2 heteroatoms. The first-order valence-corrected chi connectivity index (χ1v) is 14.0. The molecule has 0 atom stereocenters. The molecular formula is C37H26BrN. The van der Waals surface area contributed by atoms with E-state index in [9.17, 15) is 0 Å². The van der Waals surface area contributed by atoms with Crippen molar-refractivity contribution in [3.63, 3.8) is 0 Å². The van der Waals surface area contributed by atoms with E-state index in [1.54, 1.807) is 0 Å². The molecule has 0 aliphatic heterocycles. The predicted molar refractivity (Wildman–Crippen MR) is 167 cm³/mol. The van der Waals surface area contributed by atoms with Crippen molar-refractivity contribution in [2.45, 2.75) is 5.41 Å². The van der Waals surface area contributed by atoms with Crippen LogP contribution in [0.4, 0.5) is 11.4 Å². The summed E-state index contributed by atoms with van der Waals surface area (Å²) < 4.78 is 1.07. The van der Waals surface area contributed by atoms with Gasteiger partial charge in [-0.25, -0.2) is 0 Å². The van der Waals surface area contributed by atoms with Crippen molar-refractivity contribution in [2.75, 3.05) is 5.32 Å². The van der Waals surface area contributed by atoms with Crippen molar-refractivity contribution < 1.29 is 0 Å². The molecule has 186 valence electrons. The second-order valence-electron chi connectivity index (χ2n) is 10.00. The van der Waals surface area contributed by atoms with E-state index in [1.807, 2.05) is 12.1 Å². The first-order valence-electron chi connectivity index (χ1n) is 13.2. The van der Waals surface area contributed by atoms with Gasteiger partial charge in [0.15, 0.2) is 0 Å². The van der Waals surface area contributed by atoms with Crippen LogP contribution in [0.2, 0.25) is 0 Å². The molecule has 0 spiro atoms. The molecule has 1 nitrogen and oxygen atoms in total. The van der Waals surface area contributed by atoms with Gasteiger partial charge in [0.25, 0.3) is 0 Å². The van der Waals surface area contributed by atoms with Gasteiger partial charge in [-0.3, -0.25) is 0 Å². The average molecular weight is 565 g/mol. The minimum atomic E-state index is -0.381. The van der Waals surface area contributed by atoms with Crippen LogP contribution in [-0.2, 0) is 5.41 Å². The van der Waals surface area contributed by atoms with Crippen molar-refractivity contribution in [3.8, 4) is 22.3 Å². The lowest BCUT2D eigenvalue weighted by Gasteiger charge is -2.34. The molecule has 39 heavy (non-hydrogen) atoms. The Morgan fingerprint density at radius 1 is 0.436 bits per heavy atom. The molecule has 0 amide bonds. The molecule has 0 saturated carbocycles. The number of nitrogens with one attached hydrogen (secondary N) is 1. The topological polar surface area (TPSA) is 12.0 Å². The second kappa shape index (κ2) is 9.72. The monoisotopic (exact) mass is 563 g/mol. The summed E-state index contributed by atoms with van der Waals surface area (Å²) in [6.07, 6.45) is 0. The van der Waals surface area contributed by atoms with Gasteiger partial charge in [-0.15, -0.1) is 0 Å². The number of hydrogen-bond acceptors (Lipinski definition) is 1. The van der Waals surface area contributed by atoms with E-state index >= 15 is 0 Å². The van der Waals surface area contributed by atoms with Crippen LogP contribution < -0.4 is 5.32 Å². The van der Waals surface area contributed by atoms with Crippen LogP contribution >= 0.6 is 15.9 Å². The van der Waals surface area contributed by atoms with E-state index in [0.717, 1.165) is 15.8 Å². The lowest BCUT2D eigenvalue weighted by molar-refractivity contribution is 0.769. The van der Waals surface area contributed by atoms with Crippen molar-refractivity contribution in [1.29, 1.82) is 0 Å². The molecule has 0 unspecified atom stereocenters. The van der Waals surface area contributed by atoms with E-state index < -0.39 is 0 Å². The number of anilines is 2. The normalized spacial score (nSPS) is 12.9. The number of rotatable bonds is 5. The van der Waals surface area contributed by atoms with Gasteiger partial charge in [0, 0.05) is 15.8 Å². The molecule has 7 rings (SSSR count). The van der Waals surface area contributed by atoms with Crippen LogP contribution in [0, 0.1) is 0 Å². The summed E-state index contributed by atoms with van der Waals surface area (Å²) in [4.78, 5) is 0. The summed E-state index contributed by atoms with van der Waals surface area (Å²) in [5.41, 5.74) is 12.0. The summed E-state index contributed by atoms with van der Waals surface area (Å²) in [6, 6.07) is 54.7. The van der Waals surface area contributed by atoms with E-state index in [-0.39, 0.29) is 5.41 Å². The minimum Gasteiger partial charge on any atom is -0.356 e. The Bertz CT molecular complexity index is 1720. The minimum absolute atomic E-state index is 0.381. The molecule has 6 aromatic carbocycles. The van der Waals surface area contributed by atoms with Crippen molar-refractivity contribution in [2.24, 2.45) is 0 Å². The van der Waals surface area contributed by atoms with Crippen LogP contribution in [0.5, 0.6) is 0 Å². The molecule has 1 N–H and O–H groups in total. The van der Waals surface area contributed by atoms with Gasteiger partial charge in [-0.2, -0.15) is 0 Å². The fourth-order valence-corrected chi connectivity index (χ4v) is 6.35. The number of halogens is 1. The maximum absolute atomic E-state index is 3.51. The molecule has 0 radical (unpaired) electrons. The third kappa shape index (κ3) is 4.00. The van der Waals surface area contributed by atoms with E-state index in [0.29, 0.717) is 0 Å². The molecule has 0 bridgehead atoms. The molecule has 6 aromatic rings. The smallest absolute Gasteiger partial charge is 0.0713 e. The molecule has 1 aliphatic rings. The summed E-state index contributed by atoms with van der Waals surface area (Å²) in [6.45, 7) is 0. The van der Waals surface area contributed by atoms with E-state index in [2.05, 4.69) is 161 Å². The van der Waals surface area contributed by atoms with Gasteiger partial charge in [0.2, 0.25) is 0 Å². The Morgan fingerprint density at radius 3 is 1.62 bits per heavy atom. The van der Waals surface area contributed by atoms with Crippen molar-refractivity contribution in [3.05, 3.63) is 178 Å². The van der Waals surface area contributed by atoms with E-state index in [1.165, 1.54) is 44.5 Å². The third-order valence-corrected chi connectivity index (χ3v) is 8.33. The maximum atomic E-state index is 3.51. The summed E-state index contributed by atoms with van der Waals surface area (Å²) >= 11 is 3.51. The molecule has 0 heterocycles. The largest absolute Gasteiger partial charge is 0.356 e. The van der Waals surface area contributed by atoms with Crippen LogP contribution in [0.3, 0.4) is 0 Å². The Balaban J connectivity index is 1.35. The Morgan fingerprint density at radius 2 is 0.974 bits per heavy atom. The highest BCUT2D eigenvalue weighted by molar-refractivity contribution is 9.10. The van der Waals surface area contributed by atoms with Crippen LogP contribution in [0.1, 0.15) is 22.3 Å². The average Bonchev–Trinajstić information content (AvgIpc) is 3.31. The van der Waals surface area contributed by atoms with Crippen molar-refractivity contribution in [1.82, 2.24) is 0 Å². The van der Waals surface area contributed by atoms with Crippen LogP contribution in [-0.4, -0.2) is 0 Å². The second-order valence-corrected chi connectivity index (χ2v) is 10.9. The molecular weight excluding hydrogens is 538 g/mol. The highest BCUT2D eigenvalue weighted by Gasteiger charge is 2.45. The fourth-order valence-electron chi connectivity index (χ4n) is 6.09. The fraction of sp³-hybridized carbons (Fsp3) is 0.0270. The number of benzene rings is 6. The molecule has 0 saturated heterocycles. The Hall–Kier alpha value is -4.40. The summed E-state index contributed by atoms with van der Waals surface area (Å²) in [7, 11) is 0. The predicted octanol–water partition coefficient (Wildman–Crippen LogP) is 10.2. The maximum Gasteiger partial charge on any atom is 0.0713 e. The highest BCUT2D eigenvalue weighted by atomic mass is 79.9. The standard InChI is InChI=1S/C37H26BrN/c38-30-19-23-32(24-20-30)39-31-21-17-26(18-22-31)27-9-8-12-29(25-27)37(28-10-2-1-3-11-28)35-15-6-4-13-33(35)34-14-5-7-16-36(34)37/h1-25,39H. The first kappa shape index (κ1) is 23.7. The zero-order valence-corrected chi connectivity index (χ0v) is 22.9. The molecule has 1 aliphatic carbocycles. The zero-order valence-electron chi connectivity index (χ0n) is 21.3. The van der Waals surface area contributed by atoms with E-state index in [4.69, 9.17) is 0 Å². The quantitative estimate of drug-likeness (QED) is 0.219. The summed E-state index contributed by atoms with van der Waals surface area (Å²) in [5, 5.41) is 3.49. The van der Waals surface area contributed by atoms with Crippen LogP contribution in [0.25, 0.3) is 22.3 Å². The van der Waals surface area contributed by atoms with Gasteiger partial charge >= 0.3 is 0 Å². The van der Waals surface area contributed by atoms with Crippen molar-refractivity contribution >= 4 is 27.3 Å². The lowest BCUT2D eigenvalue weighted by atomic mass is 9.67. The van der Waals surface area contributed by atoms with Gasteiger partial charge in [0.1, 0.15) is 0 Å². The Labute approximate surface area is 237 Å². The third-order valence-electron chi connectivity index (χ3n) is 7.81. The van der Waals surface area contributed by atoms with Gasteiger partial charge < -0.3 is 5.32 Å². The van der Waals surface area contributed by atoms with Gasteiger partial charge in [-0.1, -0.05) is 125 Å². The SMILES string of the molecule is Brc1ccc(Nc2ccc(-c3cccc(C4(c5ccccc5)c5ccccc5-c5ccccc54)c3)cc2)cc1. The highest BCUT2D eigenvalue weighted by Crippen LogP contribution is 2.56.